The van der Waals surface area contributed by atoms with E-state index in [2.05, 4.69) is 20.8 Å². The van der Waals surface area contributed by atoms with Gasteiger partial charge in [-0.2, -0.15) is 4.31 Å². The number of carbonyl (C=O) groups excluding carboxylic acids is 2. The van der Waals surface area contributed by atoms with Gasteiger partial charge < -0.3 is 15.4 Å². The molecule has 2 heterocycles. The summed E-state index contributed by atoms with van der Waals surface area (Å²) < 4.78 is 48.1. The van der Waals surface area contributed by atoms with Crippen molar-refractivity contribution < 1.29 is 27.1 Å². The van der Waals surface area contributed by atoms with Gasteiger partial charge in [0.25, 0.3) is 5.91 Å². The fourth-order valence-electron chi connectivity index (χ4n) is 4.78. The van der Waals surface area contributed by atoms with Crippen molar-refractivity contribution in [3.63, 3.8) is 0 Å². The van der Waals surface area contributed by atoms with Crippen molar-refractivity contribution in [3.05, 3.63) is 90.0 Å². The summed E-state index contributed by atoms with van der Waals surface area (Å²) >= 11 is 1.14. The summed E-state index contributed by atoms with van der Waals surface area (Å²) in [5, 5.41) is 14.4. The lowest BCUT2D eigenvalue weighted by molar-refractivity contribution is -0.113. The minimum atomic E-state index is -3.61. The molecular weight excluding hydrogens is 620 g/mol. The van der Waals surface area contributed by atoms with Gasteiger partial charge in [0.1, 0.15) is 11.6 Å². The Morgan fingerprint density at radius 1 is 0.933 bits per heavy atom. The third kappa shape index (κ3) is 8.07. The molecule has 3 aromatic carbocycles. The molecule has 1 aliphatic rings. The Bertz CT molecular complexity index is 1720. The number of hydrogen-bond donors (Lipinski definition) is 2. The zero-order valence-electron chi connectivity index (χ0n) is 24.6. The fourth-order valence-corrected chi connectivity index (χ4v) is 7.07. The summed E-state index contributed by atoms with van der Waals surface area (Å²) in [6.07, 6.45) is 2.68. The zero-order chi connectivity index (χ0) is 31.8. The molecule has 0 unspecified atom stereocenters. The van der Waals surface area contributed by atoms with Crippen LogP contribution in [-0.4, -0.2) is 64.8 Å². The Morgan fingerprint density at radius 2 is 1.62 bits per heavy atom. The summed E-state index contributed by atoms with van der Waals surface area (Å²) in [7, 11) is -3.61. The number of hydrogen-bond acceptors (Lipinski definition) is 8. The van der Waals surface area contributed by atoms with Crippen LogP contribution in [0.4, 0.5) is 10.1 Å². The molecule has 2 N–H and O–H groups in total. The number of thioether (sulfide) groups is 1. The molecule has 0 aliphatic carbocycles. The molecule has 0 bridgehead atoms. The van der Waals surface area contributed by atoms with Gasteiger partial charge in [0, 0.05) is 30.0 Å². The first kappa shape index (κ1) is 32.1. The van der Waals surface area contributed by atoms with Crippen molar-refractivity contribution in [2.75, 3.05) is 30.8 Å². The Hall–Kier alpha value is -4.27. The van der Waals surface area contributed by atoms with E-state index < -0.39 is 21.7 Å². The maximum atomic E-state index is 13.7. The predicted octanol–water partition coefficient (Wildman–Crippen LogP) is 4.64. The van der Waals surface area contributed by atoms with Crippen LogP contribution in [0.3, 0.4) is 0 Å². The maximum absolute atomic E-state index is 13.7. The summed E-state index contributed by atoms with van der Waals surface area (Å²) in [6.45, 7) is 3.39. The molecule has 5 rings (SSSR count). The van der Waals surface area contributed by atoms with Gasteiger partial charge in [-0.3, -0.25) is 14.2 Å². The number of piperidine rings is 1. The minimum absolute atomic E-state index is 0.0194. The average molecular weight is 653 g/mol. The first-order valence-electron chi connectivity index (χ1n) is 14.5. The SMILES string of the molecule is CCOc1ccc(NC(=O)CSc2nnc(CNC(=O)c3ccc(S(=O)(=O)N4CCCCC4)cc3)n2-c2ccc(F)cc2)cc1. The first-order chi connectivity index (χ1) is 21.7. The molecule has 1 fully saturated rings. The summed E-state index contributed by atoms with van der Waals surface area (Å²) in [6, 6.07) is 18.5. The molecule has 236 valence electrons. The highest BCUT2D eigenvalue weighted by Gasteiger charge is 2.26. The van der Waals surface area contributed by atoms with E-state index in [1.165, 1.54) is 40.7 Å². The lowest BCUT2D eigenvalue weighted by atomic mass is 10.2. The molecule has 14 heteroatoms. The first-order valence-corrected chi connectivity index (χ1v) is 16.9. The number of rotatable bonds is 12. The van der Waals surface area contributed by atoms with Gasteiger partial charge in [-0.05, 0) is 92.6 Å². The second-order valence-electron chi connectivity index (χ2n) is 10.2. The van der Waals surface area contributed by atoms with Crippen LogP contribution in [0.2, 0.25) is 0 Å². The number of nitrogens with zero attached hydrogens (tertiary/aromatic N) is 4. The predicted molar refractivity (Wildman–Crippen MR) is 169 cm³/mol. The van der Waals surface area contributed by atoms with Crippen LogP contribution < -0.4 is 15.4 Å². The van der Waals surface area contributed by atoms with Gasteiger partial charge in [-0.1, -0.05) is 18.2 Å². The molecule has 0 saturated carbocycles. The van der Waals surface area contributed by atoms with Crippen molar-refractivity contribution in [2.24, 2.45) is 0 Å². The Kier molecular flexibility index (Phi) is 10.5. The van der Waals surface area contributed by atoms with Crippen molar-refractivity contribution in [2.45, 2.75) is 42.8 Å². The number of anilines is 1. The van der Waals surface area contributed by atoms with Gasteiger partial charge in [0.05, 0.1) is 23.8 Å². The molecule has 4 aromatic rings. The molecule has 0 atom stereocenters. The topological polar surface area (TPSA) is 136 Å². The second kappa shape index (κ2) is 14.7. The highest BCUT2D eigenvalue weighted by molar-refractivity contribution is 7.99. The van der Waals surface area contributed by atoms with Crippen LogP contribution in [0.25, 0.3) is 5.69 Å². The Labute approximate surface area is 265 Å². The number of halogens is 1. The van der Waals surface area contributed by atoms with E-state index in [0.29, 0.717) is 47.8 Å². The number of aromatic nitrogens is 3. The monoisotopic (exact) mass is 652 g/mol. The van der Waals surface area contributed by atoms with E-state index in [1.54, 1.807) is 41.0 Å². The van der Waals surface area contributed by atoms with Crippen molar-refractivity contribution in [1.29, 1.82) is 0 Å². The normalized spacial score (nSPS) is 13.7. The van der Waals surface area contributed by atoms with E-state index in [4.69, 9.17) is 4.74 Å². The number of ether oxygens (including phenoxy) is 1. The van der Waals surface area contributed by atoms with E-state index in [9.17, 15) is 22.4 Å². The van der Waals surface area contributed by atoms with Gasteiger partial charge in [0.2, 0.25) is 15.9 Å². The van der Waals surface area contributed by atoms with Crippen molar-refractivity contribution >= 4 is 39.3 Å². The van der Waals surface area contributed by atoms with Gasteiger partial charge in [-0.25, -0.2) is 12.8 Å². The quantitative estimate of drug-likeness (QED) is 0.212. The summed E-state index contributed by atoms with van der Waals surface area (Å²) in [5.41, 5.74) is 1.44. The minimum Gasteiger partial charge on any atom is -0.494 e. The Balaban J connectivity index is 1.25. The van der Waals surface area contributed by atoms with Crippen LogP contribution in [0.5, 0.6) is 5.75 Å². The molecule has 0 radical (unpaired) electrons. The number of amides is 2. The third-order valence-corrected chi connectivity index (χ3v) is 9.88. The van der Waals surface area contributed by atoms with Gasteiger partial charge in [0.15, 0.2) is 11.0 Å². The van der Waals surface area contributed by atoms with E-state index in [0.717, 1.165) is 31.0 Å². The smallest absolute Gasteiger partial charge is 0.251 e. The van der Waals surface area contributed by atoms with Crippen LogP contribution in [0.1, 0.15) is 42.4 Å². The number of carbonyl (C=O) groups is 2. The second-order valence-corrected chi connectivity index (χ2v) is 13.1. The lowest BCUT2D eigenvalue weighted by Gasteiger charge is -2.25. The van der Waals surface area contributed by atoms with Crippen molar-refractivity contribution in [1.82, 2.24) is 24.4 Å². The Morgan fingerprint density at radius 3 is 2.29 bits per heavy atom. The number of sulfonamides is 1. The number of benzene rings is 3. The van der Waals surface area contributed by atoms with Gasteiger partial charge in [-0.15, -0.1) is 10.2 Å². The molecule has 45 heavy (non-hydrogen) atoms. The van der Waals surface area contributed by atoms with E-state index >= 15 is 0 Å². The average Bonchev–Trinajstić information content (AvgIpc) is 3.47. The standard InChI is InChI=1S/C31H33FN6O5S2/c1-2-43-26-14-10-24(11-15-26)34-29(39)21-44-31-36-35-28(38(31)25-12-8-23(32)9-13-25)20-33-30(40)22-6-16-27(17-7-22)45(41,42)37-18-4-3-5-19-37/h6-17H,2-5,18-21H2,1H3,(H,33,40)(H,34,39). The summed E-state index contributed by atoms with van der Waals surface area (Å²) in [4.78, 5) is 25.8. The largest absolute Gasteiger partial charge is 0.494 e. The van der Waals surface area contributed by atoms with Crippen LogP contribution in [0, 0.1) is 5.82 Å². The van der Waals surface area contributed by atoms with Crippen LogP contribution in [-0.2, 0) is 21.4 Å². The van der Waals surface area contributed by atoms with Gasteiger partial charge >= 0.3 is 0 Å². The van der Waals surface area contributed by atoms with Crippen molar-refractivity contribution in [3.8, 4) is 11.4 Å². The van der Waals surface area contributed by atoms with Crippen LogP contribution in [0.15, 0.2) is 82.8 Å². The molecule has 2 amide bonds. The molecule has 11 nitrogen and oxygen atoms in total. The van der Waals surface area contributed by atoms with E-state index in [1.807, 2.05) is 6.92 Å². The summed E-state index contributed by atoms with van der Waals surface area (Å²) in [5.74, 6) is -0.0429. The third-order valence-electron chi connectivity index (χ3n) is 7.04. The fraction of sp³-hybridized carbons (Fsp3) is 0.290. The highest BCUT2D eigenvalue weighted by atomic mass is 32.2. The van der Waals surface area contributed by atoms with Crippen LogP contribution >= 0.6 is 11.8 Å². The highest BCUT2D eigenvalue weighted by Crippen LogP contribution is 2.24. The zero-order valence-corrected chi connectivity index (χ0v) is 26.2. The molecule has 1 saturated heterocycles. The molecule has 1 aromatic heterocycles. The molecule has 0 spiro atoms. The molecule has 1 aliphatic heterocycles. The van der Waals surface area contributed by atoms with E-state index in [-0.39, 0.29) is 28.7 Å². The number of nitrogens with one attached hydrogen (secondary N) is 2. The maximum Gasteiger partial charge on any atom is 0.251 e. The lowest BCUT2D eigenvalue weighted by Crippen LogP contribution is -2.35. The molecular formula is C31H33FN6O5S2.